The Morgan fingerprint density at radius 2 is 0.557 bits per heavy atom. The predicted octanol–water partition coefficient (Wildman–Crippen LogP) is 22.4. The molecule has 0 saturated carbocycles. The molecule has 0 aliphatic rings. The van der Waals surface area contributed by atoms with Gasteiger partial charge in [0, 0.05) is 25.7 Å². The molecule has 0 bridgehead atoms. The zero-order chi connectivity index (χ0) is 71.2. The molecule has 0 fully saturated rings. The van der Waals surface area contributed by atoms with Crippen LogP contribution in [0.4, 0.5) is 0 Å². The van der Waals surface area contributed by atoms with Gasteiger partial charge in [0.1, 0.15) is 19.3 Å². The first-order valence-corrected chi connectivity index (χ1v) is 42.3. The summed E-state index contributed by atoms with van der Waals surface area (Å²) in [4.78, 5) is 72.9. The number of phosphoric acid groups is 2. The smallest absolute Gasteiger partial charge is 0.462 e. The molecule has 0 rings (SSSR count). The molecular weight excluding hydrogens is 1270 g/mol. The molecule has 0 aromatic carbocycles. The minimum atomic E-state index is -4.97. The number of phosphoric ester groups is 2. The summed E-state index contributed by atoms with van der Waals surface area (Å²) in [7, 11) is -9.94. The SMILES string of the molecule is CCCCCC/C=C\C=C/CCCCCCCC(=O)OC[C@H](COP(=O)(O)OC[C@@H](O)COP(=O)(O)OC[C@@H](COC(=O)CCCCCCCCCCCCCC)OC(=O)CCCCCCCCCCCCCCC(C)C)OC(=O)CCCCCCC/C=C\C=C/CCCCCC. The Morgan fingerprint density at radius 3 is 0.845 bits per heavy atom. The molecule has 0 aliphatic carbocycles. The molecule has 0 amide bonds. The van der Waals surface area contributed by atoms with Crippen LogP contribution in [0.5, 0.6) is 0 Å². The van der Waals surface area contributed by atoms with Crippen LogP contribution >= 0.6 is 15.6 Å². The van der Waals surface area contributed by atoms with Crippen molar-refractivity contribution in [2.45, 2.75) is 380 Å². The van der Waals surface area contributed by atoms with E-state index < -0.39 is 97.5 Å². The lowest BCUT2D eigenvalue weighted by Gasteiger charge is -2.21. The van der Waals surface area contributed by atoms with Crippen molar-refractivity contribution in [1.82, 2.24) is 0 Å². The largest absolute Gasteiger partial charge is 0.472 e. The zero-order valence-electron chi connectivity index (χ0n) is 62.2. The van der Waals surface area contributed by atoms with E-state index in [1.165, 1.54) is 154 Å². The average Bonchev–Trinajstić information content (AvgIpc) is 1.25. The van der Waals surface area contributed by atoms with Gasteiger partial charge in [0.15, 0.2) is 12.2 Å². The van der Waals surface area contributed by atoms with E-state index in [1.807, 2.05) is 0 Å². The third-order valence-corrected chi connectivity index (χ3v) is 18.9. The lowest BCUT2D eigenvalue weighted by molar-refractivity contribution is -0.161. The van der Waals surface area contributed by atoms with Crippen LogP contribution in [-0.2, 0) is 65.4 Å². The molecule has 0 spiro atoms. The molecule has 17 nitrogen and oxygen atoms in total. The maximum absolute atomic E-state index is 13.1. The van der Waals surface area contributed by atoms with Gasteiger partial charge in [0.25, 0.3) is 0 Å². The molecule has 0 heterocycles. The van der Waals surface area contributed by atoms with Crippen LogP contribution in [0.25, 0.3) is 0 Å². The number of allylic oxidation sites excluding steroid dienone is 8. The second-order valence-electron chi connectivity index (χ2n) is 27.2. The predicted molar refractivity (Wildman–Crippen MR) is 395 cm³/mol. The molecule has 0 aromatic rings. The van der Waals surface area contributed by atoms with Crippen molar-refractivity contribution in [3.05, 3.63) is 48.6 Å². The van der Waals surface area contributed by atoms with Crippen molar-refractivity contribution in [1.29, 1.82) is 0 Å². The quantitative estimate of drug-likeness (QED) is 0.0169. The third-order valence-electron chi connectivity index (χ3n) is 17.0. The minimum Gasteiger partial charge on any atom is -0.462 e. The summed E-state index contributed by atoms with van der Waals surface area (Å²) < 4.78 is 68.5. The summed E-state index contributed by atoms with van der Waals surface area (Å²) in [6.07, 6.45) is 65.3. The molecule has 97 heavy (non-hydrogen) atoms. The molecule has 3 N–H and O–H groups in total. The Kier molecular flexibility index (Phi) is 67.9. The van der Waals surface area contributed by atoms with Crippen LogP contribution in [0.2, 0.25) is 0 Å². The second-order valence-corrected chi connectivity index (χ2v) is 30.1. The fourth-order valence-electron chi connectivity index (χ4n) is 11.0. The molecule has 0 radical (unpaired) electrons. The number of esters is 4. The summed E-state index contributed by atoms with van der Waals surface area (Å²) in [6.45, 7) is 7.18. The van der Waals surface area contributed by atoms with Crippen molar-refractivity contribution >= 4 is 39.5 Å². The third kappa shape index (κ3) is 71.2. The van der Waals surface area contributed by atoms with Gasteiger partial charge in [-0.1, -0.05) is 308 Å². The molecule has 5 atom stereocenters. The number of carbonyl (C=O) groups excluding carboxylic acids is 4. The highest BCUT2D eigenvalue weighted by Gasteiger charge is 2.30. The Morgan fingerprint density at radius 1 is 0.320 bits per heavy atom. The fourth-order valence-corrected chi connectivity index (χ4v) is 12.6. The lowest BCUT2D eigenvalue weighted by atomic mass is 10.0. The summed E-state index contributed by atoms with van der Waals surface area (Å²) in [5.74, 6) is -1.40. The van der Waals surface area contributed by atoms with Crippen molar-refractivity contribution < 1.29 is 80.2 Å². The number of rotatable bonds is 74. The van der Waals surface area contributed by atoms with Crippen LogP contribution < -0.4 is 0 Å². The molecule has 2 unspecified atom stereocenters. The fraction of sp³-hybridized carbons (Fsp3) is 0.846. The van der Waals surface area contributed by atoms with E-state index in [-0.39, 0.29) is 25.7 Å². The minimum absolute atomic E-state index is 0.0784. The monoisotopic (exact) mass is 1410 g/mol. The Labute approximate surface area is 591 Å². The van der Waals surface area contributed by atoms with Crippen molar-refractivity contribution in [3.8, 4) is 0 Å². The highest BCUT2D eigenvalue weighted by atomic mass is 31.2. The number of hydrogen-bond acceptors (Lipinski definition) is 15. The van der Waals surface area contributed by atoms with Crippen molar-refractivity contribution in [2.75, 3.05) is 39.6 Å². The first-order chi connectivity index (χ1) is 47.0. The standard InChI is InChI=1S/C78H144O17P2/c1-6-9-12-15-18-21-24-27-29-31-37-42-47-52-57-62-76(81)89-68-74(94-77(82)63-58-53-48-43-38-32-30-28-25-22-19-16-13-10-7-2)70-93-97(86,87)91-66-72(79)65-90-96(84,85)92-69-73(67-88-75(80)61-56-51-46-41-36-26-23-20-17-14-11-8-3)95-78(83)64-59-54-49-44-39-34-33-35-40-45-50-55-60-71(4)5/h21-22,24-25,27-30,71-74,79H,6-20,23,26,31-70H2,1-5H3,(H,84,85)(H,86,87)/b24-21-,25-22-,29-27-,30-28-/t72-,73+,74+/m0/s1. The summed E-state index contributed by atoms with van der Waals surface area (Å²) in [5.41, 5.74) is 0. The number of unbranched alkanes of at least 4 members (excludes halogenated alkanes) is 40. The van der Waals surface area contributed by atoms with Crippen molar-refractivity contribution in [3.63, 3.8) is 0 Å². The van der Waals surface area contributed by atoms with E-state index in [2.05, 4.69) is 83.2 Å². The second kappa shape index (κ2) is 70.1. The van der Waals surface area contributed by atoms with E-state index in [1.54, 1.807) is 0 Å². The molecule has 0 aromatic heterocycles. The van der Waals surface area contributed by atoms with Gasteiger partial charge in [0.2, 0.25) is 0 Å². The number of carbonyl (C=O) groups is 4. The van der Waals surface area contributed by atoms with Gasteiger partial charge in [-0.15, -0.1) is 0 Å². The Balaban J connectivity index is 5.33. The van der Waals surface area contributed by atoms with E-state index in [0.29, 0.717) is 25.7 Å². The molecule has 568 valence electrons. The van der Waals surface area contributed by atoms with Gasteiger partial charge in [-0.3, -0.25) is 37.3 Å². The van der Waals surface area contributed by atoms with Crippen molar-refractivity contribution in [2.24, 2.45) is 5.92 Å². The maximum atomic E-state index is 13.1. The van der Waals surface area contributed by atoms with Gasteiger partial charge in [-0.25, -0.2) is 9.13 Å². The lowest BCUT2D eigenvalue weighted by Crippen LogP contribution is -2.30. The van der Waals surface area contributed by atoms with Crippen LogP contribution in [0.15, 0.2) is 48.6 Å². The Bertz CT molecular complexity index is 2050. The van der Waals surface area contributed by atoms with Crippen LogP contribution in [0.1, 0.15) is 362 Å². The topological polar surface area (TPSA) is 237 Å². The van der Waals surface area contributed by atoms with Gasteiger partial charge < -0.3 is 33.8 Å². The average molecular weight is 1420 g/mol. The van der Waals surface area contributed by atoms with E-state index in [0.717, 1.165) is 128 Å². The molecule has 19 heteroatoms. The van der Waals surface area contributed by atoms with E-state index in [9.17, 15) is 43.2 Å². The maximum Gasteiger partial charge on any atom is 0.472 e. The highest BCUT2D eigenvalue weighted by Crippen LogP contribution is 2.45. The highest BCUT2D eigenvalue weighted by molar-refractivity contribution is 7.47. The van der Waals surface area contributed by atoms with Gasteiger partial charge >= 0.3 is 39.5 Å². The number of aliphatic hydroxyl groups excluding tert-OH is 1. The molecular formula is C78H144O17P2. The number of hydrogen-bond donors (Lipinski definition) is 3. The van der Waals surface area contributed by atoms with Gasteiger partial charge in [-0.2, -0.15) is 0 Å². The summed E-state index contributed by atoms with van der Waals surface area (Å²) in [5, 5.41) is 10.6. The summed E-state index contributed by atoms with van der Waals surface area (Å²) in [6, 6.07) is 0. The van der Waals surface area contributed by atoms with Gasteiger partial charge in [0.05, 0.1) is 26.4 Å². The van der Waals surface area contributed by atoms with Crippen LogP contribution in [-0.4, -0.2) is 96.7 Å². The van der Waals surface area contributed by atoms with Crippen LogP contribution in [0, 0.1) is 5.92 Å². The zero-order valence-corrected chi connectivity index (χ0v) is 64.0. The first-order valence-electron chi connectivity index (χ1n) is 39.3. The normalized spacial score (nSPS) is 14.2. The molecule has 0 aliphatic heterocycles. The number of ether oxygens (including phenoxy) is 4. The first kappa shape index (κ1) is 94.0. The van der Waals surface area contributed by atoms with Crippen LogP contribution in [0.3, 0.4) is 0 Å². The number of aliphatic hydroxyl groups is 1. The summed E-state index contributed by atoms with van der Waals surface area (Å²) >= 11 is 0. The van der Waals surface area contributed by atoms with E-state index >= 15 is 0 Å². The molecule has 0 saturated heterocycles. The Hall–Kier alpha value is -2.98. The van der Waals surface area contributed by atoms with E-state index in [4.69, 9.17) is 37.0 Å². The van der Waals surface area contributed by atoms with Gasteiger partial charge in [-0.05, 0) is 83.0 Å².